The Morgan fingerprint density at radius 1 is 1.29 bits per heavy atom. The van der Waals surface area contributed by atoms with Gasteiger partial charge in [-0.05, 0) is 47.5 Å². The second-order valence-corrected chi connectivity index (χ2v) is 5.53. The summed E-state index contributed by atoms with van der Waals surface area (Å²) in [5.41, 5.74) is 3.03. The van der Waals surface area contributed by atoms with Crippen LogP contribution in [0.3, 0.4) is 0 Å². The summed E-state index contributed by atoms with van der Waals surface area (Å²) in [6, 6.07) is 4.70. The van der Waals surface area contributed by atoms with E-state index in [-0.39, 0.29) is 5.82 Å². The highest BCUT2D eigenvalue weighted by Crippen LogP contribution is 2.23. The molecule has 2 nitrogen and oxygen atoms in total. The molecule has 90 valence electrons. The maximum atomic E-state index is 13.0. The summed E-state index contributed by atoms with van der Waals surface area (Å²) in [4.78, 5) is 0. The third-order valence-corrected chi connectivity index (χ3v) is 4.51. The van der Waals surface area contributed by atoms with E-state index in [0.29, 0.717) is 6.54 Å². The number of hydrogen-bond donors (Lipinski definition) is 0. The van der Waals surface area contributed by atoms with Gasteiger partial charge < -0.3 is 0 Å². The molecular weight excluding hydrogens is 351 g/mol. The van der Waals surface area contributed by atoms with Crippen molar-refractivity contribution in [2.75, 3.05) is 0 Å². The van der Waals surface area contributed by atoms with Gasteiger partial charge in [0.25, 0.3) is 0 Å². The van der Waals surface area contributed by atoms with Crippen LogP contribution >= 0.6 is 31.9 Å². The van der Waals surface area contributed by atoms with Gasteiger partial charge in [-0.2, -0.15) is 5.10 Å². The predicted octanol–water partition coefficient (Wildman–Crippen LogP) is 4.21. The average molecular weight is 362 g/mol. The third-order valence-electron chi connectivity index (χ3n) is 2.63. The molecule has 2 rings (SSSR count). The lowest BCUT2D eigenvalue weighted by molar-refractivity contribution is 0.620. The van der Waals surface area contributed by atoms with Crippen molar-refractivity contribution in [3.63, 3.8) is 0 Å². The maximum absolute atomic E-state index is 13.0. The van der Waals surface area contributed by atoms with Crippen LogP contribution in [-0.4, -0.2) is 9.78 Å². The minimum Gasteiger partial charge on any atom is -0.264 e. The van der Waals surface area contributed by atoms with E-state index in [4.69, 9.17) is 0 Å². The van der Waals surface area contributed by atoms with Crippen molar-refractivity contribution in [3.05, 3.63) is 49.9 Å². The van der Waals surface area contributed by atoms with E-state index < -0.39 is 0 Å². The standard InChI is InChI=1S/C12H11Br2FN2/c1-7-12(14)8(2)17(16-7)6-9-3-4-10(15)5-11(9)13/h3-5H,6H2,1-2H3. The van der Waals surface area contributed by atoms with Crippen LogP contribution in [0.5, 0.6) is 0 Å². The van der Waals surface area contributed by atoms with Gasteiger partial charge in [0.1, 0.15) is 5.82 Å². The Bertz CT molecular complexity index is 564. The van der Waals surface area contributed by atoms with Crippen LogP contribution in [0.4, 0.5) is 4.39 Å². The van der Waals surface area contributed by atoms with Crippen molar-refractivity contribution in [2.45, 2.75) is 20.4 Å². The van der Waals surface area contributed by atoms with E-state index in [9.17, 15) is 4.39 Å². The van der Waals surface area contributed by atoms with Crippen molar-refractivity contribution in [2.24, 2.45) is 0 Å². The minimum absolute atomic E-state index is 0.241. The fourth-order valence-corrected chi connectivity index (χ4v) is 2.40. The van der Waals surface area contributed by atoms with Crippen LogP contribution in [-0.2, 0) is 6.54 Å². The molecule has 0 saturated heterocycles. The molecule has 0 N–H and O–H groups in total. The predicted molar refractivity (Wildman–Crippen MR) is 72.6 cm³/mol. The van der Waals surface area contributed by atoms with E-state index >= 15 is 0 Å². The van der Waals surface area contributed by atoms with Crippen LogP contribution in [0.1, 0.15) is 17.0 Å². The van der Waals surface area contributed by atoms with Crippen molar-refractivity contribution in [3.8, 4) is 0 Å². The van der Waals surface area contributed by atoms with Crippen molar-refractivity contribution >= 4 is 31.9 Å². The highest BCUT2D eigenvalue weighted by molar-refractivity contribution is 9.10. The van der Waals surface area contributed by atoms with Crippen LogP contribution in [0.2, 0.25) is 0 Å². The van der Waals surface area contributed by atoms with Gasteiger partial charge in [0.05, 0.1) is 22.4 Å². The van der Waals surface area contributed by atoms with Crippen LogP contribution < -0.4 is 0 Å². The number of rotatable bonds is 2. The zero-order valence-electron chi connectivity index (χ0n) is 9.47. The van der Waals surface area contributed by atoms with Gasteiger partial charge in [0.15, 0.2) is 0 Å². The number of halogens is 3. The highest BCUT2D eigenvalue weighted by Gasteiger charge is 2.10. The first-order valence-electron chi connectivity index (χ1n) is 5.12. The van der Waals surface area contributed by atoms with Crippen molar-refractivity contribution in [1.82, 2.24) is 9.78 Å². The number of aromatic nitrogens is 2. The summed E-state index contributed by atoms with van der Waals surface area (Å²) < 4.78 is 16.7. The second-order valence-electron chi connectivity index (χ2n) is 3.88. The molecule has 17 heavy (non-hydrogen) atoms. The fourth-order valence-electron chi connectivity index (χ4n) is 1.64. The van der Waals surface area contributed by atoms with Crippen LogP contribution in [0, 0.1) is 19.7 Å². The summed E-state index contributed by atoms with van der Waals surface area (Å²) in [6.45, 7) is 4.58. The van der Waals surface area contributed by atoms with Crippen molar-refractivity contribution in [1.29, 1.82) is 0 Å². The molecule has 1 aromatic heterocycles. The molecule has 5 heteroatoms. The Morgan fingerprint density at radius 3 is 2.53 bits per heavy atom. The van der Waals surface area contributed by atoms with Gasteiger partial charge in [-0.1, -0.05) is 22.0 Å². The molecule has 0 saturated carbocycles. The zero-order chi connectivity index (χ0) is 12.6. The largest absolute Gasteiger partial charge is 0.264 e. The monoisotopic (exact) mass is 360 g/mol. The van der Waals surface area contributed by atoms with E-state index in [1.165, 1.54) is 12.1 Å². The summed E-state index contributed by atoms with van der Waals surface area (Å²) in [6.07, 6.45) is 0. The van der Waals surface area contributed by atoms with E-state index in [1.54, 1.807) is 6.07 Å². The van der Waals surface area contributed by atoms with E-state index in [1.807, 2.05) is 18.5 Å². The molecule has 2 aromatic rings. The highest BCUT2D eigenvalue weighted by atomic mass is 79.9. The molecule has 0 amide bonds. The Kier molecular flexibility index (Phi) is 3.68. The normalized spacial score (nSPS) is 10.9. The van der Waals surface area contributed by atoms with Gasteiger partial charge >= 0.3 is 0 Å². The smallest absolute Gasteiger partial charge is 0.124 e. The maximum Gasteiger partial charge on any atom is 0.124 e. The molecule has 0 fully saturated rings. The Hall–Kier alpha value is -0.680. The molecular formula is C12H11Br2FN2. The Morgan fingerprint density at radius 2 is 2.00 bits per heavy atom. The number of aryl methyl sites for hydroxylation is 1. The van der Waals surface area contributed by atoms with Gasteiger partial charge in [0.2, 0.25) is 0 Å². The van der Waals surface area contributed by atoms with Gasteiger partial charge in [-0.25, -0.2) is 4.39 Å². The SMILES string of the molecule is Cc1nn(Cc2ccc(F)cc2Br)c(C)c1Br. The lowest BCUT2D eigenvalue weighted by Gasteiger charge is -2.07. The summed E-state index contributed by atoms with van der Waals surface area (Å²) >= 11 is 6.85. The average Bonchev–Trinajstić information content (AvgIpc) is 2.50. The molecule has 0 aliphatic rings. The Balaban J connectivity index is 2.34. The quantitative estimate of drug-likeness (QED) is 0.783. The lowest BCUT2D eigenvalue weighted by Crippen LogP contribution is -2.04. The topological polar surface area (TPSA) is 17.8 Å². The molecule has 1 aromatic carbocycles. The van der Waals surface area contributed by atoms with Gasteiger partial charge in [0, 0.05) is 4.47 Å². The molecule has 0 atom stereocenters. The molecule has 0 aliphatic heterocycles. The van der Waals surface area contributed by atoms with Crippen LogP contribution in [0.15, 0.2) is 27.1 Å². The molecule has 0 spiro atoms. The third kappa shape index (κ3) is 2.60. The lowest BCUT2D eigenvalue weighted by atomic mass is 10.2. The Labute approximate surface area is 116 Å². The number of nitrogens with zero attached hydrogens (tertiary/aromatic N) is 2. The molecule has 0 radical (unpaired) electrons. The van der Waals surface area contributed by atoms with E-state index in [0.717, 1.165) is 25.9 Å². The summed E-state index contributed by atoms with van der Waals surface area (Å²) in [5, 5.41) is 4.42. The first kappa shape index (κ1) is 12.8. The van der Waals surface area contributed by atoms with Crippen LogP contribution in [0.25, 0.3) is 0 Å². The molecule has 1 heterocycles. The van der Waals surface area contributed by atoms with Crippen molar-refractivity contribution < 1.29 is 4.39 Å². The summed E-state index contributed by atoms with van der Waals surface area (Å²) in [7, 11) is 0. The van der Waals surface area contributed by atoms with E-state index in [2.05, 4.69) is 37.0 Å². The summed E-state index contributed by atoms with van der Waals surface area (Å²) in [5.74, 6) is -0.241. The molecule has 0 aliphatic carbocycles. The minimum atomic E-state index is -0.241. The number of hydrogen-bond acceptors (Lipinski definition) is 1. The van der Waals surface area contributed by atoms with Gasteiger partial charge in [-0.15, -0.1) is 0 Å². The first-order chi connectivity index (χ1) is 7.99. The first-order valence-corrected chi connectivity index (χ1v) is 6.71. The fraction of sp³-hybridized carbons (Fsp3) is 0.250. The zero-order valence-corrected chi connectivity index (χ0v) is 12.6. The van der Waals surface area contributed by atoms with Gasteiger partial charge in [-0.3, -0.25) is 4.68 Å². The second kappa shape index (κ2) is 4.90. The number of benzene rings is 1. The molecule has 0 bridgehead atoms. The molecule has 0 unspecified atom stereocenters.